The molecular formula is C9H15N3OS. The van der Waals surface area contributed by atoms with Gasteiger partial charge in [0, 0.05) is 19.0 Å². The smallest absolute Gasteiger partial charge is 0.208 e. The SMILES string of the molecule is CCC1CN(c2nnc(C)s2)CC1O. The predicted molar refractivity (Wildman–Crippen MR) is 56.6 cm³/mol. The van der Waals surface area contributed by atoms with Gasteiger partial charge in [-0.25, -0.2) is 0 Å². The lowest BCUT2D eigenvalue weighted by Gasteiger charge is -2.12. The van der Waals surface area contributed by atoms with Gasteiger partial charge in [-0.05, 0) is 13.3 Å². The van der Waals surface area contributed by atoms with Crippen molar-refractivity contribution in [3.8, 4) is 0 Å². The van der Waals surface area contributed by atoms with Crippen molar-refractivity contribution in [2.45, 2.75) is 26.4 Å². The van der Waals surface area contributed by atoms with Gasteiger partial charge in [0.05, 0.1) is 6.10 Å². The highest BCUT2D eigenvalue weighted by Gasteiger charge is 2.31. The minimum absolute atomic E-state index is 0.204. The van der Waals surface area contributed by atoms with E-state index in [2.05, 4.69) is 22.0 Å². The minimum Gasteiger partial charge on any atom is -0.391 e. The third-order valence-electron chi connectivity index (χ3n) is 2.72. The van der Waals surface area contributed by atoms with Crippen LogP contribution in [0.2, 0.25) is 0 Å². The molecule has 2 atom stereocenters. The lowest BCUT2D eigenvalue weighted by molar-refractivity contribution is 0.146. The summed E-state index contributed by atoms with van der Waals surface area (Å²) in [6.45, 7) is 5.67. The third kappa shape index (κ3) is 1.74. The second-order valence-corrected chi connectivity index (χ2v) is 4.90. The molecular weight excluding hydrogens is 198 g/mol. The molecule has 4 nitrogen and oxygen atoms in total. The molecule has 1 fully saturated rings. The molecule has 0 aliphatic carbocycles. The molecule has 0 bridgehead atoms. The molecule has 1 aromatic heterocycles. The van der Waals surface area contributed by atoms with E-state index in [-0.39, 0.29) is 6.10 Å². The highest BCUT2D eigenvalue weighted by Crippen LogP contribution is 2.27. The molecule has 1 aromatic rings. The number of aliphatic hydroxyl groups is 1. The van der Waals surface area contributed by atoms with Crippen LogP contribution in [0.25, 0.3) is 0 Å². The van der Waals surface area contributed by atoms with E-state index in [0.29, 0.717) is 12.5 Å². The van der Waals surface area contributed by atoms with Crippen molar-refractivity contribution in [3.05, 3.63) is 5.01 Å². The standard InChI is InChI=1S/C9H15N3OS/c1-3-7-4-12(5-8(7)13)9-11-10-6(2)14-9/h7-8,13H,3-5H2,1-2H3. The fraction of sp³-hybridized carbons (Fsp3) is 0.778. The van der Waals surface area contributed by atoms with Crippen LogP contribution < -0.4 is 4.90 Å². The van der Waals surface area contributed by atoms with Crippen molar-refractivity contribution >= 4 is 16.5 Å². The Kier molecular flexibility index (Phi) is 2.69. The van der Waals surface area contributed by atoms with Crippen LogP contribution in [0.15, 0.2) is 0 Å². The van der Waals surface area contributed by atoms with E-state index in [0.717, 1.165) is 23.1 Å². The van der Waals surface area contributed by atoms with E-state index in [9.17, 15) is 5.11 Å². The Labute approximate surface area is 87.6 Å². The summed E-state index contributed by atoms with van der Waals surface area (Å²) in [5.41, 5.74) is 0. The number of anilines is 1. The van der Waals surface area contributed by atoms with Crippen LogP contribution in [0, 0.1) is 12.8 Å². The maximum Gasteiger partial charge on any atom is 0.208 e. The van der Waals surface area contributed by atoms with Crippen LogP contribution in [-0.2, 0) is 0 Å². The molecule has 0 radical (unpaired) electrons. The lowest BCUT2D eigenvalue weighted by atomic mass is 10.0. The molecule has 2 rings (SSSR count). The average molecular weight is 213 g/mol. The maximum atomic E-state index is 9.74. The molecule has 0 amide bonds. The van der Waals surface area contributed by atoms with Gasteiger partial charge < -0.3 is 10.0 Å². The largest absolute Gasteiger partial charge is 0.391 e. The van der Waals surface area contributed by atoms with Crippen molar-refractivity contribution in [1.82, 2.24) is 10.2 Å². The average Bonchev–Trinajstić information content (AvgIpc) is 2.71. The van der Waals surface area contributed by atoms with Gasteiger partial charge in [-0.1, -0.05) is 18.3 Å². The van der Waals surface area contributed by atoms with Crippen LogP contribution in [-0.4, -0.2) is 34.5 Å². The monoisotopic (exact) mass is 213 g/mol. The molecule has 2 heterocycles. The Balaban J connectivity index is 2.08. The van der Waals surface area contributed by atoms with Crippen LogP contribution in [0.1, 0.15) is 18.4 Å². The molecule has 14 heavy (non-hydrogen) atoms. The molecule has 1 aliphatic rings. The van der Waals surface area contributed by atoms with Gasteiger partial charge in [0.2, 0.25) is 5.13 Å². The van der Waals surface area contributed by atoms with E-state index in [4.69, 9.17) is 0 Å². The van der Waals surface area contributed by atoms with E-state index in [1.54, 1.807) is 11.3 Å². The summed E-state index contributed by atoms with van der Waals surface area (Å²) in [4.78, 5) is 2.13. The second kappa shape index (κ2) is 3.82. The summed E-state index contributed by atoms with van der Waals surface area (Å²) in [7, 11) is 0. The van der Waals surface area contributed by atoms with E-state index in [1.165, 1.54) is 0 Å². The molecule has 0 spiro atoms. The van der Waals surface area contributed by atoms with Crippen molar-refractivity contribution in [2.75, 3.05) is 18.0 Å². The molecule has 2 unspecified atom stereocenters. The summed E-state index contributed by atoms with van der Waals surface area (Å²) in [6.07, 6.45) is 0.819. The van der Waals surface area contributed by atoms with Crippen LogP contribution in [0.3, 0.4) is 0 Å². The highest BCUT2D eigenvalue weighted by molar-refractivity contribution is 7.15. The zero-order valence-electron chi connectivity index (χ0n) is 8.47. The Hall–Kier alpha value is -0.680. The van der Waals surface area contributed by atoms with Gasteiger partial charge in [0.25, 0.3) is 0 Å². The van der Waals surface area contributed by atoms with E-state index >= 15 is 0 Å². The van der Waals surface area contributed by atoms with Gasteiger partial charge >= 0.3 is 0 Å². The van der Waals surface area contributed by atoms with Gasteiger partial charge in [-0.2, -0.15) is 0 Å². The Morgan fingerprint density at radius 2 is 2.29 bits per heavy atom. The first kappa shape index (κ1) is 9.86. The molecule has 78 valence electrons. The first-order valence-corrected chi connectivity index (χ1v) is 5.75. The van der Waals surface area contributed by atoms with Gasteiger partial charge in [-0.15, -0.1) is 10.2 Å². The Bertz CT molecular complexity index is 315. The van der Waals surface area contributed by atoms with Crippen molar-refractivity contribution in [2.24, 2.45) is 5.92 Å². The zero-order valence-corrected chi connectivity index (χ0v) is 9.29. The number of aryl methyl sites for hydroxylation is 1. The molecule has 1 aliphatic heterocycles. The molecule has 1 N–H and O–H groups in total. The van der Waals surface area contributed by atoms with E-state index < -0.39 is 0 Å². The quantitative estimate of drug-likeness (QED) is 0.798. The zero-order chi connectivity index (χ0) is 10.1. The third-order valence-corrected chi connectivity index (χ3v) is 3.62. The lowest BCUT2D eigenvalue weighted by Crippen LogP contribution is -2.20. The molecule has 0 saturated carbocycles. The fourth-order valence-corrected chi connectivity index (χ4v) is 2.53. The first-order valence-electron chi connectivity index (χ1n) is 4.93. The number of aromatic nitrogens is 2. The fourth-order valence-electron chi connectivity index (χ4n) is 1.83. The van der Waals surface area contributed by atoms with E-state index in [1.807, 2.05) is 6.92 Å². The van der Waals surface area contributed by atoms with Crippen molar-refractivity contribution in [1.29, 1.82) is 0 Å². The second-order valence-electron chi connectivity index (χ2n) is 3.74. The summed E-state index contributed by atoms with van der Waals surface area (Å²) in [5.74, 6) is 0.388. The maximum absolute atomic E-state index is 9.74. The van der Waals surface area contributed by atoms with Crippen LogP contribution >= 0.6 is 11.3 Å². The molecule has 1 saturated heterocycles. The summed E-state index contributed by atoms with van der Waals surface area (Å²) in [5, 5.41) is 19.7. The topological polar surface area (TPSA) is 49.2 Å². The van der Waals surface area contributed by atoms with Crippen LogP contribution in [0.4, 0.5) is 5.13 Å². The van der Waals surface area contributed by atoms with Crippen LogP contribution in [0.5, 0.6) is 0 Å². The summed E-state index contributed by atoms with van der Waals surface area (Å²) >= 11 is 1.59. The normalized spacial score (nSPS) is 27.2. The number of aliphatic hydroxyl groups excluding tert-OH is 1. The number of hydrogen-bond donors (Lipinski definition) is 1. The summed E-state index contributed by atoms with van der Waals surface area (Å²) in [6, 6.07) is 0. The molecule has 0 aromatic carbocycles. The van der Waals surface area contributed by atoms with Crippen molar-refractivity contribution in [3.63, 3.8) is 0 Å². The summed E-state index contributed by atoms with van der Waals surface area (Å²) < 4.78 is 0. The number of hydrogen-bond acceptors (Lipinski definition) is 5. The number of rotatable bonds is 2. The molecule has 5 heteroatoms. The van der Waals surface area contributed by atoms with Gasteiger partial charge in [0.1, 0.15) is 5.01 Å². The Morgan fingerprint density at radius 1 is 1.50 bits per heavy atom. The number of nitrogens with zero attached hydrogens (tertiary/aromatic N) is 3. The van der Waals surface area contributed by atoms with Gasteiger partial charge in [-0.3, -0.25) is 0 Å². The number of β-amino-alcohol motifs (C(OH)–C–C–N with tert-alkyl or cyclic N) is 1. The Morgan fingerprint density at radius 3 is 2.79 bits per heavy atom. The predicted octanol–water partition coefficient (Wildman–Crippen LogP) is 1.05. The first-order chi connectivity index (χ1) is 6.70. The van der Waals surface area contributed by atoms with Gasteiger partial charge in [0.15, 0.2) is 0 Å². The van der Waals surface area contributed by atoms with Crippen molar-refractivity contribution < 1.29 is 5.11 Å². The minimum atomic E-state index is -0.204. The highest BCUT2D eigenvalue weighted by atomic mass is 32.1.